The maximum Gasteiger partial charge on any atom is 0.256 e. The summed E-state index contributed by atoms with van der Waals surface area (Å²) in [7, 11) is -3.31. The molecule has 1 aromatic rings. The minimum atomic E-state index is -3.31. The molecule has 0 radical (unpaired) electrons. The van der Waals surface area contributed by atoms with Crippen molar-refractivity contribution in [3.63, 3.8) is 0 Å². The summed E-state index contributed by atoms with van der Waals surface area (Å²) in [5.41, 5.74) is 1.21. The van der Waals surface area contributed by atoms with E-state index in [1.54, 1.807) is 11.8 Å². The highest BCUT2D eigenvalue weighted by Gasteiger charge is 2.26. The quantitative estimate of drug-likeness (QED) is 0.860. The van der Waals surface area contributed by atoms with Crippen molar-refractivity contribution in [2.24, 2.45) is 4.40 Å². The molecule has 0 saturated heterocycles. The van der Waals surface area contributed by atoms with E-state index in [1.807, 2.05) is 41.5 Å². The lowest BCUT2D eigenvalue weighted by molar-refractivity contribution is 0.548. The van der Waals surface area contributed by atoms with E-state index in [4.69, 9.17) is 0 Å². The van der Waals surface area contributed by atoms with Crippen molar-refractivity contribution in [2.75, 3.05) is 12.3 Å². The lowest BCUT2D eigenvalue weighted by Crippen LogP contribution is -2.37. The van der Waals surface area contributed by atoms with Gasteiger partial charge in [-0.15, -0.1) is 16.2 Å². The second-order valence-electron chi connectivity index (χ2n) is 4.54. The van der Waals surface area contributed by atoms with Gasteiger partial charge in [-0.2, -0.15) is 0 Å². The van der Waals surface area contributed by atoms with E-state index < -0.39 is 10.0 Å². The van der Waals surface area contributed by atoms with Crippen LogP contribution in [0.25, 0.3) is 0 Å². The van der Waals surface area contributed by atoms with E-state index in [9.17, 15) is 8.42 Å². The summed E-state index contributed by atoms with van der Waals surface area (Å²) in [6.07, 6.45) is 5.73. The summed E-state index contributed by atoms with van der Waals surface area (Å²) in [5, 5.41) is 0. The molecular weight excluding hydrogens is 292 g/mol. The molecular formula is C14H14N2O2S2. The van der Waals surface area contributed by atoms with E-state index in [0.717, 1.165) is 10.7 Å². The van der Waals surface area contributed by atoms with Gasteiger partial charge in [0.25, 0.3) is 10.0 Å². The minimum absolute atomic E-state index is 0.0808. The van der Waals surface area contributed by atoms with Gasteiger partial charge < -0.3 is 4.90 Å². The van der Waals surface area contributed by atoms with Gasteiger partial charge in [-0.3, -0.25) is 0 Å². The van der Waals surface area contributed by atoms with E-state index in [0.29, 0.717) is 12.4 Å². The number of nitrogens with zero attached hydrogens (tertiary/aromatic N) is 2. The molecule has 2 aliphatic heterocycles. The fourth-order valence-corrected chi connectivity index (χ4v) is 4.06. The van der Waals surface area contributed by atoms with Crippen molar-refractivity contribution >= 4 is 27.6 Å². The molecule has 1 aromatic carbocycles. The first-order chi connectivity index (χ1) is 9.64. The van der Waals surface area contributed by atoms with Gasteiger partial charge in [0.15, 0.2) is 5.84 Å². The van der Waals surface area contributed by atoms with Crippen LogP contribution in [0.2, 0.25) is 0 Å². The van der Waals surface area contributed by atoms with Crippen LogP contribution in [0.1, 0.15) is 5.56 Å². The van der Waals surface area contributed by atoms with Crippen LogP contribution in [0.15, 0.2) is 58.0 Å². The molecule has 3 rings (SSSR count). The fourth-order valence-electron chi connectivity index (χ4n) is 2.04. The molecule has 0 aliphatic carbocycles. The lowest BCUT2D eigenvalue weighted by atomic mass is 10.2. The van der Waals surface area contributed by atoms with Gasteiger partial charge in [-0.1, -0.05) is 30.3 Å². The van der Waals surface area contributed by atoms with Crippen LogP contribution in [-0.4, -0.2) is 31.5 Å². The summed E-state index contributed by atoms with van der Waals surface area (Å²) < 4.78 is 27.2. The molecule has 0 atom stereocenters. The molecule has 0 amide bonds. The third kappa shape index (κ3) is 2.96. The second kappa shape index (κ2) is 5.46. The normalized spacial score (nSPS) is 20.1. The van der Waals surface area contributed by atoms with Crippen LogP contribution < -0.4 is 0 Å². The standard InChI is InChI=1S/C14H14N2O2S2/c17-20(18)10-9-16-8-4-7-13(14(16)15-20)19-11-12-5-2-1-3-6-12/h1-8H,9-11H2. The zero-order valence-electron chi connectivity index (χ0n) is 10.8. The average Bonchev–Trinajstić information content (AvgIpc) is 2.45. The Bertz CT molecular complexity index is 691. The molecule has 0 saturated carbocycles. The zero-order valence-corrected chi connectivity index (χ0v) is 12.4. The third-order valence-corrected chi connectivity index (χ3v) is 5.32. The molecule has 2 heterocycles. The molecule has 0 unspecified atom stereocenters. The molecule has 2 aliphatic rings. The number of fused-ring (bicyclic) bond motifs is 1. The molecule has 20 heavy (non-hydrogen) atoms. The van der Waals surface area contributed by atoms with Crippen molar-refractivity contribution in [2.45, 2.75) is 5.75 Å². The van der Waals surface area contributed by atoms with E-state index >= 15 is 0 Å². The number of amidine groups is 1. The number of hydrogen-bond acceptors (Lipinski definition) is 4. The Morgan fingerprint density at radius 3 is 2.85 bits per heavy atom. The number of sulfonamides is 1. The van der Waals surface area contributed by atoms with Gasteiger partial charge >= 0.3 is 0 Å². The molecule has 0 N–H and O–H groups in total. The van der Waals surface area contributed by atoms with E-state index in [-0.39, 0.29) is 5.75 Å². The number of benzene rings is 1. The second-order valence-corrected chi connectivity index (χ2v) is 7.31. The first-order valence-corrected chi connectivity index (χ1v) is 8.88. The minimum Gasteiger partial charge on any atom is -0.330 e. The van der Waals surface area contributed by atoms with Crippen molar-refractivity contribution in [3.05, 3.63) is 59.2 Å². The maximum absolute atomic E-state index is 11.7. The van der Waals surface area contributed by atoms with Crippen LogP contribution >= 0.6 is 11.8 Å². The van der Waals surface area contributed by atoms with Gasteiger partial charge in [0.05, 0.1) is 10.7 Å². The van der Waals surface area contributed by atoms with E-state index in [1.165, 1.54) is 5.56 Å². The predicted octanol–water partition coefficient (Wildman–Crippen LogP) is 2.37. The molecule has 0 fully saturated rings. The Hall–Kier alpha value is -1.53. The fraction of sp³-hybridized carbons (Fsp3) is 0.214. The molecule has 0 spiro atoms. The SMILES string of the molecule is O=S1(=O)CCN2C=CC=C(SCc3ccccc3)C2=N1. The van der Waals surface area contributed by atoms with Gasteiger partial charge in [-0.25, -0.2) is 8.42 Å². The molecule has 104 valence electrons. The maximum atomic E-state index is 11.7. The number of hydrogen-bond donors (Lipinski definition) is 0. The van der Waals surface area contributed by atoms with E-state index in [2.05, 4.69) is 16.5 Å². The smallest absolute Gasteiger partial charge is 0.256 e. The number of allylic oxidation sites excluding steroid dienone is 2. The Morgan fingerprint density at radius 2 is 2.05 bits per heavy atom. The van der Waals surface area contributed by atoms with Gasteiger partial charge in [0.1, 0.15) is 0 Å². The Labute approximate surface area is 122 Å². The average molecular weight is 306 g/mol. The first kappa shape index (κ1) is 13.5. The van der Waals surface area contributed by atoms with Crippen molar-refractivity contribution in [1.29, 1.82) is 0 Å². The highest BCUT2D eigenvalue weighted by molar-refractivity contribution is 8.03. The topological polar surface area (TPSA) is 49.7 Å². The van der Waals surface area contributed by atoms with Crippen molar-refractivity contribution < 1.29 is 8.42 Å². The number of thioether (sulfide) groups is 1. The number of rotatable bonds is 3. The molecule has 0 bridgehead atoms. The van der Waals surface area contributed by atoms with Crippen LogP contribution in [0.5, 0.6) is 0 Å². The molecule has 0 aromatic heterocycles. The van der Waals surface area contributed by atoms with Crippen LogP contribution in [0, 0.1) is 0 Å². The summed E-state index contributed by atoms with van der Waals surface area (Å²) in [4.78, 5) is 2.80. The predicted molar refractivity (Wildman–Crippen MR) is 82.9 cm³/mol. The van der Waals surface area contributed by atoms with Crippen LogP contribution in [-0.2, 0) is 15.8 Å². The Balaban J connectivity index is 1.80. The van der Waals surface area contributed by atoms with Crippen LogP contribution in [0.3, 0.4) is 0 Å². The van der Waals surface area contributed by atoms with Crippen molar-refractivity contribution in [3.8, 4) is 0 Å². The lowest BCUT2D eigenvalue weighted by Gasteiger charge is -2.28. The zero-order chi connectivity index (χ0) is 14.0. The third-order valence-electron chi connectivity index (χ3n) is 3.06. The van der Waals surface area contributed by atoms with Gasteiger partial charge in [0, 0.05) is 18.5 Å². The Morgan fingerprint density at radius 1 is 1.25 bits per heavy atom. The molecule has 6 heteroatoms. The highest BCUT2D eigenvalue weighted by atomic mass is 32.2. The summed E-state index contributed by atoms with van der Waals surface area (Å²) in [6, 6.07) is 10.1. The summed E-state index contributed by atoms with van der Waals surface area (Å²) >= 11 is 1.61. The van der Waals surface area contributed by atoms with Crippen molar-refractivity contribution in [1.82, 2.24) is 4.90 Å². The first-order valence-electron chi connectivity index (χ1n) is 6.29. The summed E-state index contributed by atoms with van der Waals surface area (Å²) in [6.45, 7) is 0.473. The Kier molecular flexibility index (Phi) is 3.67. The highest BCUT2D eigenvalue weighted by Crippen LogP contribution is 2.28. The van der Waals surface area contributed by atoms with Gasteiger partial charge in [0.2, 0.25) is 0 Å². The van der Waals surface area contributed by atoms with Crippen LogP contribution in [0.4, 0.5) is 0 Å². The summed E-state index contributed by atoms with van der Waals surface area (Å²) in [5.74, 6) is 1.44. The van der Waals surface area contributed by atoms with Gasteiger partial charge in [-0.05, 0) is 17.7 Å². The monoisotopic (exact) mass is 306 g/mol. The largest absolute Gasteiger partial charge is 0.330 e. The molecule has 4 nitrogen and oxygen atoms in total.